The number of benzene rings is 1. The molecule has 164 valence electrons. The first-order valence-electron chi connectivity index (χ1n) is 10.3. The van der Waals surface area contributed by atoms with Crippen LogP contribution in [0.4, 0.5) is 4.39 Å². The Morgan fingerprint density at radius 2 is 1.94 bits per heavy atom. The lowest BCUT2D eigenvalue weighted by atomic mass is 10.0. The molecular formula is C22H21FN6O2S. The maximum atomic E-state index is 14.9. The number of halogens is 1. The number of piperazine rings is 1. The second-order valence-corrected chi connectivity index (χ2v) is 8.54. The van der Waals surface area contributed by atoms with E-state index in [9.17, 15) is 9.18 Å². The molecule has 1 saturated heterocycles. The molecule has 1 aromatic carbocycles. The Bertz CT molecular complexity index is 1170. The van der Waals surface area contributed by atoms with Gasteiger partial charge in [-0.2, -0.15) is 0 Å². The highest BCUT2D eigenvalue weighted by Crippen LogP contribution is 2.30. The van der Waals surface area contributed by atoms with E-state index < -0.39 is 6.04 Å². The number of furan rings is 1. The molecule has 1 aliphatic heterocycles. The number of hydrogen-bond donors (Lipinski definition) is 0. The van der Waals surface area contributed by atoms with E-state index in [0.29, 0.717) is 49.9 Å². The summed E-state index contributed by atoms with van der Waals surface area (Å²) in [5.74, 6) is 0.454. The maximum Gasteiger partial charge on any atom is 0.289 e. The van der Waals surface area contributed by atoms with Crippen molar-refractivity contribution in [3.63, 3.8) is 0 Å². The van der Waals surface area contributed by atoms with E-state index in [1.807, 2.05) is 23.6 Å². The van der Waals surface area contributed by atoms with Gasteiger partial charge in [0, 0.05) is 36.6 Å². The van der Waals surface area contributed by atoms with E-state index in [-0.39, 0.29) is 11.7 Å². The molecule has 0 N–H and O–H groups in total. The molecule has 3 aromatic heterocycles. The predicted molar refractivity (Wildman–Crippen MR) is 116 cm³/mol. The Balaban J connectivity index is 1.42. The molecule has 4 aromatic rings. The number of hydrogen-bond acceptors (Lipinski definition) is 7. The summed E-state index contributed by atoms with van der Waals surface area (Å²) in [6.07, 6.45) is 1.49. The van der Waals surface area contributed by atoms with Gasteiger partial charge in [-0.05, 0) is 40.1 Å². The molecule has 0 radical (unpaired) electrons. The first kappa shape index (κ1) is 20.5. The molecule has 0 unspecified atom stereocenters. The predicted octanol–water partition coefficient (Wildman–Crippen LogP) is 3.06. The molecule has 0 bridgehead atoms. The fourth-order valence-corrected chi connectivity index (χ4v) is 4.69. The van der Waals surface area contributed by atoms with Crippen LogP contribution in [0, 0.1) is 5.82 Å². The van der Waals surface area contributed by atoms with Crippen molar-refractivity contribution in [2.24, 2.45) is 0 Å². The molecule has 1 atom stereocenters. The monoisotopic (exact) mass is 452 g/mol. The highest BCUT2D eigenvalue weighted by Gasteiger charge is 2.33. The van der Waals surface area contributed by atoms with Gasteiger partial charge >= 0.3 is 0 Å². The molecule has 0 spiro atoms. The first-order valence-corrected chi connectivity index (χ1v) is 11.2. The Hall–Kier alpha value is -3.37. The van der Waals surface area contributed by atoms with Crippen molar-refractivity contribution in [2.45, 2.75) is 12.6 Å². The summed E-state index contributed by atoms with van der Waals surface area (Å²) < 4.78 is 21.9. The van der Waals surface area contributed by atoms with Crippen molar-refractivity contribution in [3.8, 4) is 0 Å². The first-order chi connectivity index (χ1) is 15.7. The third-order valence-electron chi connectivity index (χ3n) is 5.59. The van der Waals surface area contributed by atoms with Crippen LogP contribution in [0.2, 0.25) is 0 Å². The summed E-state index contributed by atoms with van der Waals surface area (Å²) in [6.45, 7) is 2.62. The summed E-state index contributed by atoms with van der Waals surface area (Å²) >= 11 is 1.62. The van der Waals surface area contributed by atoms with E-state index in [0.717, 1.165) is 4.88 Å². The van der Waals surface area contributed by atoms with Gasteiger partial charge in [0.05, 0.1) is 12.8 Å². The van der Waals surface area contributed by atoms with E-state index in [4.69, 9.17) is 4.42 Å². The van der Waals surface area contributed by atoms with E-state index in [1.165, 1.54) is 12.3 Å². The Kier molecular flexibility index (Phi) is 5.78. The molecule has 10 heteroatoms. The Morgan fingerprint density at radius 3 is 2.66 bits per heavy atom. The van der Waals surface area contributed by atoms with Gasteiger partial charge in [0.1, 0.15) is 11.9 Å². The number of amides is 1. The van der Waals surface area contributed by atoms with Gasteiger partial charge in [0.15, 0.2) is 11.6 Å². The van der Waals surface area contributed by atoms with Crippen molar-refractivity contribution < 1.29 is 13.6 Å². The minimum absolute atomic E-state index is 0.139. The van der Waals surface area contributed by atoms with Crippen LogP contribution in [-0.4, -0.2) is 62.1 Å². The Labute approximate surface area is 187 Å². The number of aromatic nitrogens is 4. The molecule has 0 aliphatic carbocycles. The number of carbonyl (C=O) groups excluding carboxylic acids is 1. The van der Waals surface area contributed by atoms with Gasteiger partial charge in [-0.25, -0.2) is 9.07 Å². The Morgan fingerprint density at radius 1 is 1.09 bits per heavy atom. The van der Waals surface area contributed by atoms with Gasteiger partial charge in [-0.15, -0.1) is 16.4 Å². The van der Waals surface area contributed by atoms with Crippen molar-refractivity contribution in [1.82, 2.24) is 30.0 Å². The number of rotatable bonds is 6. The van der Waals surface area contributed by atoms with E-state index in [1.54, 1.807) is 45.2 Å². The van der Waals surface area contributed by atoms with Crippen LogP contribution in [0.1, 0.15) is 32.9 Å². The zero-order valence-corrected chi connectivity index (χ0v) is 18.0. The second kappa shape index (κ2) is 9.01. The summed E-state index contributed by atoms with van der Waals surface area (Å²) in [4.78, 5) is 17.6. The summed E-state index contributed by atoms with van der Waals surface area (Å²) in [7, 11) is 0. The van der Waals surface area contributed by atoms with Crippen LogP contribution in [0.25, 0.3) is 0 Å². The largest absolute Gasteiger partial charge is 0.459 e. The summed E-state index contributed by atoms with van der Waals surface area (Å²) in [5, 5.41) is 14.4. The zero-order chi connectivity index (χ0) is 21.9. The van der Waals surface area contributed by atoms with Crippen molar-refractivity contribution >= 4 is 17.2 Å². The molecule has 8 nitrogen and oxygen atoms in total. The van der Waals surface area contributed by atoms with Crippen molar-refractivity contribution in [2.75, 3.05) is 26.2 Å². The fourth-order valence-electron chi connectivity index (χ4n) is 4.01. The number of thiophene rings is 1. The quantitative estimate of drug-likeness (QED) is 0.447. The number of tetrazole rings is 1. The average Bonchev–Trinajstić information content (AvgIpc) is 3.60. The van der Waals surface area contributed by atoms with Gasteiger partial charge in [0.25, 0.3) is 5.91 Å². The molecule has 1 amide bonds. The van der Waals surface area contributed by atoms with Gasteiger partial charge in [0.2, 0.25) is 0 Å². The van der Waals surface area contributed by atoms with Crippen LogP contribution in [0.5, 0.6) is 0 Å². The smallest absolute Gasteiger partial charge is 0.289 e. The average molecular weight is 453 g/mol. The molecule has 32 heavy (non-hydrogen) atoms. The lowest BCUT2D eigenvalue weighted by Crippen LogP contribution is -2.50. The van der Waals surface area contributed by atoms with E-state index in [2.05, 4.69) is 20.4 Å². The van der Waals surface area contributed by atoms with Crippen molar-refractivity contribution in [1.29, 1.82) is 0 Å². The molecular weight excluding hydrogens is 431 g/mol. The van der Waals surface area contributed by atoms with Crippen LogP contribution < -0.4 is 0 Å². The van der Waals surface area contributed by atoms with Crippen LogP contribution in [-0.2, 0) is 6.54 Å². The van der Waals surface area contributed by atoms with Gasteiger partial charge in [-0.3, -0.25) is 9.69 Å². The minimum Gasteiger partial charge on any atom is -0.459 e. The van der Waals surface area contributed by atoms with Crippen LogP contribution >= 0.6 is 11.3 Å². The normalized spacial score (nSPS) is 15.7. The van der Waals surface area contributed by atoms with Crippen LogP contribution in [0.3, 0.4) is 0 Å². The third-order valence-corrected chi connectivity index (χ3v) is 6.45. The molecule has 0 saturated carbocycles. The van der Waals surface area contributed by atoms with Crippen molar-refractivity contribution in [3.05, 3.63) is 88.0 Å². The van der Waals surface area contributed by atoms with Gasteiger partial charge in [-0.1, -0.05) is 24.3 Å². The van der Waals surface area contributed by atoms with E-state index >= 15 is 0 Å². The SMILES string of the molecule is O=C(c1ccco1)N1CCN([C@H](c2ccccc2F)c2nnnn2Cc2cccs2)CC1. The number of nitrogens with zero attached hydrogens (tertiary/aromatic N) is 6. The summed E-state index contributed by atoms with van der Waals surface area (Å²) in [6, 6.07) is 13.6. The minimum atomic E-state index is -0.466. The lowest BCUT2D eigenvalue weighted by Gasteiger charge is -2.38. The summed E-state index contributed by atoms with van der Waals surface area (Å²) in [5.41, 5.74) is 0.514. The molecule has 1 fully saturated rings. The highest BCUT2D eigenvalue weighted by atomic mass is 32.1. The fraction of sp³-hybridized carbons (Fsp3) is 0.273. The molecule has 4 heterocycles. The van der Waals surface area contributed by atoms with Gasteiger partial charge < -0.3 is 9.32 Å². The second-order valence-electron chi connectivity index (χ2n) is 7.50. The van der Waals surface area contributed by atoms with Crippen LogP contribution in [0.15, 0.2) is 64.6 Å². The molecule has 1 aliphatic rings. The topological polar surface area (TPSA) is 80.3 Å². The maximum absolute atomic E-state index is 14.9. The lowest BCUT2D eigenvalue weighted by molar-refractivity contribution is 0.0557. The molecule has 5 rings (SSSR count). The standard InChI is InChI=1S/C22H21FN6O2S/c23-18-7-2-1-6-17(18)20(21-24-25-26-29(21)15-16-5-4-14-32-16)27-9-11-28(12-10-27)22(30)19-8-3-13-31-19/h1-8,13-14,20H,9-12,15H2/t20-/m1/s1. The third kappa shape index (κ3) is 4.06. The zero-order valence-electron chi connectivity index (χ0n) is 17.2. The number of carbonyl (C=O) groups is 1. The highest BCUT2D eigenvalue weighted by molar-refractivity contribution is 7.09.